The summed E-state index contributed by atoms with van der Waals surface area (Å²) in [6.45, 7) is 1.08. The number of carbonyl (C=O) groups excluding carboxylic acids is 1. The summed E-state index contributed by atoms with van der Waals surface area (Å²) < 4.78 is 78.7. The summed E-state index contributed by atoms with van der Waals surface area (Å²) in [6.07, 6.45) is -9.41. The van der Waals surface area contributed by atoms with Crippen molar-refractivity contribution < 1.29 is 31.1 Å². The zero-order valence-electron chi connectivity index (χ0n) is 15.8. The molecule has 0 saturated heterocycles. The molecule has 1 amide bonds. The summed E-state index contributed by atoms with van der Waals surface area (Å²) in [5, 5.41) is 9.30. The molecule has 164 valence electrons. The largest absolute Gasteiger partial charge is 0.417 e. The molecule has 0 bridgehead atoms. The lowest BCUT2D eigenvalue weighted by atomic mass is 10.1. The normalized spacial score (nSPS) is 13.3. The minimum Gasteiger partial charge on any atom is -0.348 e. The van der Waals surface area contributed by atoms with E-state index in [0.717, 1.165) is 35.0 Å². The smallest absolute Gasteiger partial charge is 0.348 e. The summed E-state index contributed by atoms with van der Waals surface area (Å²) in [4.78, 5) is 24.8. The van der Waals surface area contributed by atoms with Crippen molar-refractivity contribution in [2.45, 2.75) is 31.9 Å². The van der Waals surface area contributed by atoms with Crippen molar-refractivity contribution in [1.29, 1.82) is 0 Å². The first kappa shape index (κ1) is 22.2. The molecule has 1 unspecified atom stereocenters. The first-order valence-corrected chi connectivity index (χ1v) is 8.80. The van der Waals surface area contributed by atoms with Gasteiger partial charge in [-0.05, 0) is 37.3 Å². The van der Waals surface area contributed by atoms with Crippen LogP contribution in [0.15, 0.2) is 47.3 Å². The molecule has 2 aromatic carbocycles. The molecule has 3 aromatic rings. The van der Waals surface area contributed by atoms with E-state index in [1.807, 2.05) is 0 Å². The highest BCUT2D eigenvalue weighted by Gasteiger charge is 2.35. The van der Waals surface area contributed by atoms with Crippen molar-refractivity contribution in [2.75, 3.05) is 0 Å². The van der Waals surface area contributed by atoms with Crippen LogP contribution in [-0.2, 0) is 18.9 Å². The molecule has 0 spiro atoms. The van der Waals surface area contributed by atoms with Crippen LogP contribution in [-0.4, -0.2) is 26.9 Å². The third-order valence-corrected chi connectivity index (χ3v) is 4.35. The molecule has 0 radical (unpaired) electrons. The van der Waals surface area contributed by atoms with E-state index < -0.39 is 46.6 Å². The summed E-state index contributed by atoms with van der Waals surface area (Å²) in [5.41, 5.74) is -3.70. The number of amides is 1. The summed E-state index contributed by atoms with van der Waals surface area (Å²) in [7, 11) is 0. The third kappa shape index (κ3) is 4.84. The number of nitrogens with one attached hydrogen (secondary N) is 1. The maximum atomic E-state index is 13.1. The van der Waals surface area contributed by atoms with Crippen molar-refractivity contribution >= 4 is 16.8 Å². The van der Waals surface area contributed by atoms with Gasteiger partial charge in [0.25, 0.3) is 11.5 Å². The van der Waals surface area contributed by atoms with Crippen LogP contribution < -0.4 is 10.9 Å². The summed E-state index contributed by atoms with van der Waals surface area (Å²) in [5.74, 6) is -1.03. The Morgan fingerprint density at radius 1 is 1.06 bits per heavy atom. The second kappa shape index (κ2) is 8.00. The van der Waals surface area contributed by atoms with Gasteiger partial charge in [-0.15, -0.1) is 5.10 Å². The lowest BCUT2D eigenvalue weighted by Crippen LogP contribution is -2.40. The van der Waals surface area contributed by atoms with Gasteiger partial charge >= 0.3 is 12.4 Å². The number of rotatable bonds is 4. The molecule has 12 heteroatoms. The fraction of sp³-hybridized carbons (Fsp3) is 0.263. The molecule has 6 nitrogen and oxygen atoms in total. The number of benzene rings is 2. The average Bonchev–Trinajstić information content (AvgIpc) is 2.68. The van der Waals surface area contributed by atoms with Crippen molar-refractivity contribution in [2.24, 2.45) is 0 Å². The van der Waals surface area contributed by atoms with Crippen molar-refractivity contribution in [1.82, 2.24) is 20.3 Å². The van der Waals surface area contributed by atoms with Gasteiger partial charge in [0.05, 0.1) is 28.6 Å². The lowest BCUT2D eigenvalue weighted by Gasteiger charge is -2.17. The fourth-order valence-electron chi connectivity index (χ4n) is 2.91. The van der Waals surface area contributed by atoms with E-state index in [9.17, 15) is 35.9 Å². The second-order valence-electron chi connectivity index (χ2n) is 6.72. The molecule has 0 aliphatic heterocycles. The highest BCUT2D eigenvalue weighted by Crippen LogP contribution is 2.32. The Kier molecular flexibility index (Phi) is 5.74. The van der Waals surface area contributed by atoms with Gasteiger partial charge in [0.15, 0.2) is 0 Å². The maximum Gasteiger partial charge on any atom is 0.417 e. The number of halogens is 6. The number of nitrogens with zero attached hydrogens (tertiary/aromatic N) is 3. The Morgan fingerprint density at radius 3 is 2.39 bits per heavy atom. The van der Waals surface area contributed by atoms with Gasteiger partial charge in [-0.1, -0.05) is 17.3 Å². The molecule has 0 aliphatic carbocycles. The molecule has 31 heavy (non-hydrogen) atoms. The fourth-order valence-corrected chi connectivity index (χ4v) is 2.91. The van der Waals surface area contributed by atoms with E-state index >= 15 is 0 Å². The van der Waals surface area contributed by atoms with Crippen molar-refractivity contribution in [3.8, 4) is 0 Å². The monoisotopic (exact) mass is 444 g/mol. The van der Waals surface area contributed by atoms with Gasteiger partial charge in [0.1, 0.15) is 5.52 Å². The Bertz CT molecular complexity index is 1190. The van der Waals surface area contributed by atoms with Crippen molar-refractivity contribution in [3.05, 3.63) is 69.5 Å². The van der Waals surface area contributed by atoms with Gasteiger partial charge in [-0.2, -0.15) is 26.3 Å². The van der Waals surface area contributed by atoms with E-state index in [4.69, 9.17) is 0 Å². The number of carbonyl (C=O) groups is 1. The predicted octanol–water partition coefficient (Wildman–Crippen LogP) is 3.65. The van der Waals surface area contributed by atoms with Crippen LogP contribution in [0.3, 0.4) is 0 Å². The zero-order valence-corrected chi connectivity index (χ0v) is 15.8. The topological polar surface area (TPSA) is 76.9 Å². The zero-order chi connectivity index (χ0) is 23.0. The standard InChI is InChI=1S/C19H14F6N4O2/c1-10(26-16(30)12-4-2-3-5-14(12)19(23,24)25)9-29-17(31)13-8-11(18(20,21)22)6-7-15(13)27-28-29/h2-8,10H,9H2,1H3,(H,26,30). The first-order chi connectivity index (χ1) is 14.4. The number of hydrogen-bond acceptors (Lipinski definition) is 4. The average molecular weight is 444 g/mol. The Balaban J connectivity index is 1.84. The van der Waals surface area contributed by atoms with E-state index in [-0.39, 0.29) is 17.4 Å². The van der Waals surface area contributed by atoms with Gasteiger partial charge in [0, 0.05) is 6.04 Å². The number of fused-ring (bicyclic) bond motifs is 1. The minimum absolute atomic E-state index is 0.0509. The Hall–Kier alpha value is -3.44. The lowest BCUT2D eigenvalue weighted by molar-refractivity contribution is -0.138. The molecule has 1 heterocycles. The summed E-state index contributed by atoms with van der Waals surface area (Å²) in [6, 6.07) is 5.71. The highest BCUT2D eigenvalue weighted by atomic mass is 19.4. The maximum absolute atomic E-state index is 13.1. The third-order valence-electron chi connectivity index (χ3n) is 4.35. The Labute approximate surface area is 170 Å². The van der Waals surface area contributed by atoms with Crippen LogP contribution in [0.1, 0.15) is 28.4 Å². The van der Waals surface area contributed by atoms with E-state index in [1.165, 1.54) is 13.0 Å². The van der Waals surface area contributed by atoms with Crippen LogP contribution in [0.2, 0.25) is 0 Å². The molecular formula is C19H14F6N4O2. The molecule has 0 aliphatic rings. The highest BCUT2D eigenvalue weighted by molar-refractivity contribution is 5.96. The van der Waals surface area contributed by atoms with Gasteiger partial charge in [-0.25, -0.2) is 4.68 Å². The van der Waals surface area contributed by atoms with E-state index in [1.54, 1.807) is 0 Å². The Morgan fingerprint density at radius 2 is 1.74 bits per heavy atom. The number of aromatic nitrogens is 3. The van der Waals surface area contributed by atoms with Crippen LogP contribution in [0.5, 0.6) is 0 Å². The van der Waals surface area contributed by atoms with Crippen LogP contribution in [0, 0.1) is 0 Å². The second-order valence-corrected chi connectivity index (χ2v) is 6.72. The number of alkyl halides is 6. The summed E-state index contributed by atoms with van der Waals surface area (Å²) >= 11 is 0. The predicted molar refractivity (Wildman–Crippen MR) is 97.2 cm³/mol. The van der Waals surface area contributed by atoms with Gasteiger partial charge in [0.2, 0.25) is 0 Å². The molecule has 1 aromatic heterocycles. The van der Waals surface area contributed by atoms with Crippen LogP contribution >= 0.6 is 0 Å². The molecular weight excluding hydrogens is 430 g/mol. The van der Waals surface area contributed by atoms with Crippen LogP contribution in [0.25, 0.3) is 10.9 Å². The van der Waals surface area contributed by atoms with Gasteiger partial charge in [-0.3, -0.25) is 9.59 Å². The van der Waals surface area contributed by atoms with E-state index in [0.29, 0.717) is 6.07 Å². The molecule has 3 rings (SSSR count). The SMILES string of the molecule is CC(Cn1nnc2ccc(C(F)(F)F)cc2c1=O)NC(=O)c1ccccc1C(F)(F)F. The molecule has 1 N–H and O–H groups in total. The molecule has 0 saturated carbocycles. The molecule has 0 fully saturated rings. The van der Waals surface area contributed by atoms with Gasteiger partial charge < -0.3 is 5.32 Å². The quantitative estimate of drug-likeness (QED) is 0.624. The first-order valence-electron chi connectivity index (χ1n) is 8.80. The molecule has 1 atom stereocenters. The van der Waals surface area contributed by atoms with E-state index in [2.05, 4.69) is 15.6 Å². The minimum atomic E-state index is -4.74. The van der Waals surface area contributed by atoms with Crippen LogP contribution in [0.4, 0.5) is 26.3 Å². The number of hydrogen-bond donors (Lipinski definition) is 1. The van der Waals surface area contributed by atoms with Crippen molar-refractivity contribution in [3.63, 3.8) is 0 Å².